The Morgan fingerprint density at radius 3 is 0.797 bits per heavy atom. The molecule has 11 aromatic rings. The Morgan fingerprint density at radius 2 is 0.469 bits per heavy atom. The monoisotopic (exact) mass is 818 g/mol. The molecule has 0 fully saturated rings. The summed E-state index contributed by atoms with van der Waals surface area (Å²) in [5.41, 5.74) is 16.0. The van der Waals surface area contributed by atoms with E-state index in [1.54, 1.807) is 0 Å². The zero-order valence-corrected chi connectivity index (χ0v) is 35.0. The highest BCUT2D eigenvalue weighted by Crippen LogP contribution is 2.39. The molecule has 4 nitrogen and oxygen atoms in total. The van der Waals surface area contributed by atoms with Crippen molar-refractivity contribution in [3.63, 3.8) is 0 Å². The van der Waals surface area contributed by atoms with Crippen LogP contribution in [0.2, 0.25) is 0 Å². The second kappa shape index (κ2) is 17.0. The van der Waals surface area contributed by atoms with Gasteiger partial charge in [0.05, 0.1) is 0 Å². The van der Waals surface area contributed by atoms with Crippen LogP contribution in [0.15, 0.2) is 255 Å². The van der Waals surface area contributed by atoms with E-state index in [4.69, 9.17) is 0 Å². The lowest BCUT2D eigenvalue weighted by atomic mass is 9.96. The first-order chi connectivity index (χ1) is 31.7. The lowest BCUT2D eigenvalue weighted by Crippen LogP contribution is -2.09. The number of anilines is 6. The van der Waals surface area contributed by atoms with E-state index in [0.29, 0.717) is 0 Å². The average molecular weight is 819 g/mol. The third-order valence-corrected chi connectivity index (χ3v) is 12.0. The van der Waals surface area contributed by atoms with Crippen LogP contribution in [0.25, 0.3) is 66.1 Å². The largest absolute Gasteiger partial charge is 0.310 e. The SMILES string of the molecule is c1ccc(-c2ccc(N(c3ccncc3)c3ccc(-c4ccc5cc6cc(-c7ccc(N(c8ccncc8)c8ccc(-c9ccccc9)cc8)cc7)ccc6cc5c4)cc3)cc2)cc1. The van der Waals surface area contributed by atoms with Gasteiger partial charge in [-0.05, 0) is 163 Å². The zero-order valence-electron chi connectivity index (χ0n) is 35.0. The summed E-state index contributed by atoms with van der Waals surface area (Å²) in [6.07, 6.45) is 7.38. The summed E-state index contributed by atoms with van der Waals surface area (Å²) in [4.78, 5) is 13.1. The molecule has 0 aliphatic carbocycles. The van der Waals surface area contributed by atoms with Crippen molar-refractivity contribution in [1.29, 1.82) is 0 Å². The Bertz CT molecular complexity index is 3090. The van der Waals surface area contributed by atoms with Gasteiger partial charge in [-0.15, -0.1) is 0 Å². The molecule has 0 spiro atoms. The molecule has 0 unspecified atom stereocenters. The van der Waals surface area contributed by atoms with Crippen molar-refractivity contribution in [1.82, 2.24) is 9.97 Å². The number of hydrogen-bond acceptors (Lipinski definition) is 4. The molecule has 0 aliphatic heterocycles. The van der Waals surface area contributed by atoms with Gasteiger partial charge in [0.25, 0.3) is 0 Å². The number of aromatic nitrogens is 2. The molecule has 0 radical (unpaired) electrons. The molecule has 11 rings (SSSR count). The van der Waals surface area contributed by atoms with Gasteiger partial charge in [-0.25, -0.2) is 0 Å². The van der Waals surface area contributed by atoms with Gasteiger partial charge in [0.2, 0.25) is 0 Å². The molecule has 302 valence electrons. The van der Waals surface area contributed by atoms with E-state index < -0.39 is 0 Å². The summed E-state index contributed by atoms with van der Waals surface area (Å²) in [6, 6.07) is 82.7. The van der Waals surface area contributed by atoms with Crippen LogP contribution < -0.4 is 9.80 Å². The van der Waals surface area contributed by atoms with Gasteiger partial charge in [-0.3, -0.25) is 9.97 Å². The fourth-order valence-electron chi connectivity index (χ4n) is 8.71. The van der Waals surface area contributed by atoms with Crippen LogP contribution in [0.3, 0.4) is 0 Å². The number of benzene rings is 9. The predicted molar refractivity (Wildman–Crippen MR) is 268 cm³/mol. The van der Waals surface area contributed by atoms with E-state index >= 15 is 0 Å². The van der Waals surface area contributed by atoms with E-state index in [2.05, 4.69) is 250 Å². The van der Waals surface area contributed by atoms with E-state index in [-0.39, 0.29) is 0 Å². The minimum absolute atomic E-state index is 1.06. The Labute approximate surface area is 373 Å². The molecule has 9 aromatic carbocycles. The van der Waals surface area contributed by atoms with Crippen molar-refractivity contribution in [2.24, 2.45) is 0 Å². The van der Waals surface area contributed by atoms with Crippen LogP contribution in [0, 0.1) is 0 Å². The van der Waals surface area contributed by atoms with Crippen LogP contribution in [-0.2, 0) is 0 Å². The van der Waals surface area contributed by atoms with Crippen molar-refractivity contribution >= 4 is 55.7 Å². The molecular weight excluding hydrogens is 777 g/mol. The third-order valence-electron chi connectivity index (χ3n) is 12.0. The van der Waals surface area contributed by atoms with Crippen LogP contribution in [-0.4, -0.2) is 9.97 Å². The number of hydrogen-bond donors (Lipinski definition) is 0. The fraction of sp³-hybridized carbons (Fsp3) is 0. The minimum Gasteiger partial charge on any atom is -0.310 e. The molecular formula is C60H42N4. The molecule has 0 aliphatic rings. The first-order valence-electron chi connectivity index (χ1n) is 21.6. The highest BCUT2D eigenvalue weighted by molar-refractivity contribution is 6.01. The summed E-state index contributed by atoms with van der Waals surface area (Å²) in [5.74, 6) is 0. The van der Waals surface area contributed by atoms with Crippen LogP contribution >= 0.6 is 0 Å². The summed E-state index contributed by atoms with van der Waals surface area (Å²) >= 11 is 0. The second-order valence-electron chi connectivity index (χ2n) is 16.0. The van der Waals surface area contributed by atoms with E-state index in [9.17, 15) is 0 Å². The second-order valence-corrected chi connectivity index (χ2v) is 16.0. The van der Waals surface area contributed by atoms with Crippen LogP contribution in [0.1, 0.15) is 0 Å². The van der Waals surface area contributed by atoms with Crippen molar-refractivity contribution in [2.75, 3.05) is 9.80 Å². The number of pyridine rings is 2. The molecule has 2 aromatic heterocycles. The average Bonchev–Trinajstić information content (AvgIpc) is 3.38. The highest BCUT2D eigenvalue weighted by Gasteiger charge is 2.15. The molecule has 0 bridgehead atoms. The first kappa shape index (κ1) is 38.3. The Hall–Kier alpha value is -8.60. The smallest absolute Gasteiger partial charge is 0.0492 e. The summed E-state index contributed by atoms with van der Waals surface area (Å²) in [5, 5.41) is 4.87. The van der Waals surface area contributed by atoms with E-state index in [1.165, 1.54) is 66.1 Å². The Balaban J connectivity index is 0.848. The Morgan fingerprint density at radius 1 is 0.203 bits per heavy atom. The first-order valence-corrected chi connectivity index (χ1v) is 21.6. The molecule has 0 amide bonds. The van der Waals surface area contributed by atoms with Gasteiger partial charge < -0.3 is 9.80 Å². The van der Waals surface area contributed by atoms with Crippen LogP contribution in [0.5, 0.6) is 0 Å². The van der Waals surface area contributed by atoms with Gasteiger partial charge in [-0.2, -0.15) is 0 Å². The molecule has 0 saturated carbocycles. The minimum atomic E-state index is 1.06. The molecule has 0 N–H and O–H groups in total. The molecule has 4 heteroatoms. The van der Waals surface area contributed by atoms with Crippen molar-refractivity contribution in [3.05, 3.63) is 255 Å². The van der Waals surface area contributed by atoms with Crippen molar-refractivity contribution in [2.45, 2.75) is 0 Å². The number of fused-ring (bicyclic) bond motifs is 2. The van der Waals surface area contributed by atoms with Crippen molar-refractivity contribution < 1.29 is 0 Å². The molecule has 64 heavy (non-hydrogen) atoms. The fourth-order valence-corrected chi connectivity index (χ4v) is 8.71. The molecule has 0 atom stereocenters. The topological polar surface area (TPSA) is 32.3 Å². The highest BCUT2D eigenvalue weighted by atomic mass is 15.1. The number of nitrogens with zero attached hydrogens (tertiary/aromatic N) is 4. The molecule has 2 heterocycles. The summed E-state index contributed by atoms with van der Waals surface area (Å²) in [7, 11) is 0. The maximum Gasteiger partial charge on any atom is 0.0492 e. The normalized spacial score (nSPS) is 11.1. The van der Waals surface area contributed by atoms with Crippen LogP contribution in [0.4, 0.5) is 34.1 Å². The molecule has 0 saturated heterocycles. The maximum absolute atomic E-state index is 4.29. The quantitative estimate of drug-likeness (QED) is 0.129. The van der Waals surface area contributed by atoms with Gasteiger partial charge in [0, 0.05) is 58.9 Å². The van der Waals surface area contributed by atoms with Gasteiger partial charge in [0.1, 0.15) is 0 Å². The lowest BCUT2D eigenvalue weighted by molar-refractivity contribution is 1.24. The predicted octanol–water partition coefficient (Wildman–Crippen LogP) is 16.4. The summed E-state index contributed by atoms with van der Waals surface area (Å²) in [6.45, 7) is 0. The Kier molecular flexibility index (Phi) is 10.2. The lowest BCUT2D eigenvalue weighted by Gasteiger charge is -2.25. The number of rotatable bonds is 10. The summed E-state index contributed by atoms with van der Waals surface area (Å²) < 4.78 is 0. The maximum atomic E-state index is 4.29. The van der Waals surface area contributed by atoms with Crippen molar-refractivity contribution in [3.8, 4) is 44.5 Å². The van der Waals surface area contributed by atoms with Gasteiger partial charge in [-0.1, -0.05) is 133 Å². The zero-order chi connectivity index (χ0) is 42.7. The van der Waals surface area contributed by atoms with E-state index in [1.807, 2.05) is 24.8 Å². The van der Waals surface area contributed by atoms with Gasteiger partial charge >= 0.3 is 0 Å². The van der Waals surface area contributed by atoms with Gasteiger partial charge in [0.15, 0.2) is 0 Å². The third kappa shape index (κ3) is 7.77. The van der Waals surface area contributed by atoms with E-state index in [0.717, 1.165) is 34.1 Å². The standard InChI is InChI=1S/C60H42N4/c1-3-7-43(8-4-1)45-15-23-55(24-16-45)63(59-31-35-61-36-32-59)57-27-19-47(20-28-57)49-11-13-51-42-54-40-50(12-14-52(54)41-53(51)39-49)48-21-29-58(30-22-48)64(60-33-37-62-38-34-60)56-25-17-46(18-26-56)44-9-5-2-6-10-44/h1-42H.